The predicted molar refractivity (Wildman–Crippen MR) is 53.8 cm³/mol. The molecule has 1 aromatic carbocycles. The van der Waals surface area contributed by atoms with Gasteiger partial charge in [0.15, 0.2) is 0 Å². The molecule has 5 nitrogen and oxygen atoms in total. The van der Waals surface area contributed by atoms with Crippen molar-refractivity contribution >= 4 is 15.7 Å². The third kappa shape index (κ3) is 2.15. The largest absolute Gasteiger partial charge is 0.508 e. The van der Waals surface area contributed by atoms with E-state index in [9.17, 15) is 13.5 Å². The lowest BCUT2D eigenvalue weighted by Gasteiger charge is -2.16. The third-order valence-corrected chi connectivity index (χ3v) is 2.69. The number of nitrogens with two attached hydrogens (primary N) is 1. The summed E-state index contributed by atoms with van der Waals surface area (Å²) >= 11 is 0. The SMILES string of the molecule is CN(C)c1cc(O)ccc1S(N)(=O)=O. The summed E-state index contributed by atoms with van der Waals surface area (Å²) in [6.07, 6.45) is 0. The maximum absolute atomic E-state index is 11.1. The highest BCUT2D eigenvalue weighted by Gasteiger charge is 2.15. The summed E-state index contributed by atoms with van der Waals surface area (Å²) in [4.78, 5) is 1.57. The minimum Gasteiger partial charge on any atom is -0.508 e. The summed E-state index contributed by atoms with van der Waals surface area (Å²) in [6.45, 7) is 0. The van der Waals surface area contributed by atoms with Gasteiger partial charge in [-0.05, 0) is 12.1 Å². The van der Waals surface area contributed by atoms with Crippen LogP contribution in [0.25, 0.3) is 0 Å². The Kier molecular flexibility index (Phi) is 2.68. The van der Waals surface area contributed by atoms with E-state index in [4.69, 9.17) is 5.14 Å². The van der Waals surface area contributed by atoms with Crippen molar-refractivity contribution in [2.24, 2.45) is 5.14 Å². The van der Waals surface area contributed by atoms with Crippen LogP contribution in [0.2, 0.25) is 0 Å². The molecule has 0 spiro atoms. The molecule has 78 valence electrons. The first-order valence-electron chi connectivity index (χ1n) is 3.85. The number of hydrogen-bond donors (Lipinski definition) is 2. The van der Waals surface area contributed by atoms with Gasteiger partial charge in [-0.25, -0.2) is 13.6 Å². The van der Waals surface area contributed by atoms with Gasteiger partial charge in [-0.15, -0.1) is 0 Å². The highest BCUT2D eigenvalue weighted by atomic mass is 32.2. The molecule has 1 aromatic rings. The zero-order valence-corrected chi connectivity index (χ0v) is 8.75. The molecular formula is C8H12N2O3S. The van der Waals surface area contributed by atoms with Crippen LogP contribution >= 0.6 is 0 Å². The van der Waals surface area contributed by atoms with Gasteiger partial charge in [0.25, 0.3) is 0 Å². The van der Waals surface area contributed by atoms with E-state index < -0.39 is 10.0 Å². The Balaban J connectivity index is 3.45. The molecule has 0 saturated carbocycles. The van der Waals surface area contributed by atoms with Gasteiger partial charge in [-0.2, -0.15) is 0 Å². The molecule has 3 N–H and O–H groups in total. The lowest BCUT2D eigenvalue weighted by atomic mass is 10.3. The fraction of sp³-hybridized carbons (Fsp3) is 0.250. The number of rotatable bonds is 2. The van der Waals surface area contributed by atoms with E-state index in [1.807, 2.05) is 0 Å². The summed E-state index contributed by atoms with van der Waals surface area (Å²) in [5.74, 6) is 0.00102. The number of aromatic hydroxyl groups is 1. The molecule has 0 aliphatic carbocycles. The van der Waals surface area contributed by atoms with Gasteiger partial charge in [-0.1, -0.05) is 0 Å². The summed E-state index contributed by atoms with van der Waals surface area (Å²) in [5, 5.41) is 14.2. The second kappa shape index (κ2) is 3.47. The van der Waals surface area contributed by atoms with Crippen LogP contribution in [0.4, 0.5) is 5.69 Å². The third-order valence-electron chi connectivity index (χ3n) is 1.73. The molecule has 0 heterocycles. The first-order valence-corrected chi connectivity index (χ1v) is 5.40. The average molecular weight is 216 g/mol. The molecule has 0 atom stereocenters. The van der Waals surface area contributed by atoms with E-state index in [-0.39, 0.29) is 10.6 Å². The van der Waals surface area contributed by atoms with Crippen molar-refractivity contribution in [3.8, 4) is 5.75 Å². The van der Waals surface area contributed by atoms with E-state index in [1.165, 1.54) is 18.2 Å². The molecule has 0 aromatic heterocycles. The fourth-order valence-electron chi connectivity index (χ4n) is 1.10. The maximum Gasteiger partial charge on any atom is 0.240 e. The van der Waals surface area contributed by atoms with Gasteiger partial charge in [-0.3, -0.25) is 0 Å². The number of nitrogens with zero attached hydrogens (tertiary/aromatic N) is 1. The van der Waals surface area contributed by atoms with E-state index in [2.05, 4.69) is 0 Å². The van der Waals surface area contributed by atoms with Crippen molar-refractivity contribution in [2.75, 3.05) is 19.0 Å². The van der Waals surface area contributed by atoms with Crippen LogP contribution in [0.15, 0.2) is 23.1 Å². The smallest absolute Gasteiger partial charge is 0.240 e. The fourth-order valence-corrected chi connectivity index (χ4v) is 1.89. The minimum atomic E-state index is -3.75. The second-order valence-corrected chi connectivity index (χ2v) is 4.62. The molecule has 0 saturated heterocycles. The second-order valence-electron chi connectivity index (χ2n) is 3.09. The molecule has 0 bridgehead atoms. The Labute approximate surface area is 82.8 Å². The molecular weight excluding hydrogens is 204 g/mol. The van der Waals surface area contributed by atoms with Crippen molar-refractivity contribution in [3.05, 3.63) is 18.2 Å². The minimum absolute atomic E-state index is 0.000278. The monoisotopic (exact) mass is 216 g/mol. The van der Waals surface area contributed by atoms with E-state index in [0.29, 0.717) is 5.69 Å². The summed E-state index contributed by atoms with van der Waals surface area (Å²) in [7, 11) is -0.408. The highest BCUT2D eigenvalue weighted by Crippen LogP contribution is 2.26. The van der Waals surface area contributed by atoms with E-state index in [0.717, 1.165) is 0 Å². The lowest BCUT2D eigenvalue weighted by Crippen LogP contribution is -2.18. The summed E-state index contributed by atoms with van der Waals surface area (Å²) in [5.41, 5.74) is 0.368. The van der Waals surface area contributed by atoms with Crippen LogP contribution in [0.5, 0.6) is 5.75 Å². The lowest BCUT2D eigenvalue weighted by molar-refractivity contribution is 0.475. The number of primary sulfonamides is 1. The van der Waals surface area contributed by atoms with Gasteiger partial charge >= 0.3 is 0 Å². The van der Waals surface area contributed by atoms with Gasteiger partial charge in [0.2, 0.25) is 10.0 Å². The molecule has 0 aliphatic heterocycles. The van der Waals surface area contributed by atoms with Gasteiger partial charge in [0, 0.05) is 20.2 Å². The number of phenols is 1. The van der Waals surface area contributed by atoms with Crippen molar-refractivity contribution in [2.45, 2.75) is 4.90 Å². The Morgan fingerprint density at radius 3 is 2.36 bits per heavy atom. The van der Waals surface area contributed by atoms with Gasteiger partial charge in [0.05, 0.1) is 5.69 Å². The zero-order valence-electron chi connectivity index (χ0n) is 7.93. The van der Waals surface area contributed by atoms with Crippen LogP contribution in [0, 0.1) is 0 Å². The number of benzene rings is 1. The van der Waals surface area contributed by atoms with Crippen molar-refractivity contribution in [1.29, 1.82) is 0 Å². The highest BCUT2D eigenvalue weighted by molar-refractivity contribution is 7.89. The zero-order chi connectivity index (χ0) is 10.9. The average Bonchev–Trinajstić information content (AvgIpc) is 2.01. The first-order chi connectivity index (χ1) is 6.32. The van der Waals surface area contributed by atoms with Crippen molar-refractivity contribution < 1.29 is 13.5 Å². The molecule has 0 amide bonds. The Morgan fingerprint density at radius 1 is 1.36 bits per heavy atom. The van der Waals surface area contributed by atoms with Crippen LogP contribution < -0.4 is 10.0 Å². The number of phenolic OH excluding ortho intramolecular Hbond substituents is 1. The van der Waals surface area contributed by atoms with Crippen LogP contribution in [0.3, 0.4) is 0 Å². The molecule has 14 heavy (non-hydrogen) atoms. The van der Waals surface area contributed by atoms with Crippen LogP contribution in [-0.2, 0) is 10.0 Å². The predicted octanol–water partition coefficient (Wildman–Crippen LogP) is 0.106. The maximum atomic E-state index is 11.1. The first kappa shape index (κ1) is 10.8. The normalized spacial score (nSPS) is 11.4. The standard InChI is InChI=1S/C8H12N2O3S/c1-10(2)7-5-6(11)3-4-8(7)14(9,12)13/h3-5,11H,1-2H3,(H2,9,12,13). The van der Waals surface area contributed by atoms with Crippen LogP contribution in [-0.4, -0.2) is 27.6 Å². The number of hydrogen-bond acceptors (Lipinski definition) is 4. The Morgan fingerprint density at radius 2 is 1.93 bits per heavy atom. The molecule has 0 unspecified atom stereocenters. The van der Waals surface area contributed by atoms with E-state index in [1.54, 1.807) is 19.0 Å². The summed E-state index contributed by atoms with van der Waals surface area (Å²) < 4.78 is 22.3. The summed E-state index contributed by atoms with van der Waals surface area (Å²) in [6, 6.07) is 3.91. The molecule has 6 heteroatoms. The molecule has 0 radical (unpaired) electrons. The van der Waals surface area contributed by atoms with Gasteiger partial charge < -0.3 is 10.0 Å². The number of sulfonamides is 1. The molecule has 1 rings (SSSR count). The van der Waals surface area contributed by atoms with Crippen molar-refractivity contribution in [3.63, 3.8) is 0 Å². The van der Waals surface area contributed by atoms with Crippen LogP contribution in [0.1, 0.15) is 0 Å². The molecule has 0 aliphatic rings. The molecule has 0 fully saturated rings. The Hall–Kier alpha value is -1.27. The number of anilines is 1. The topological polar surface area (TPSA) is 83.6 Å². The van der Waals surface area contributed by atoms with Gasteiger partial charge in [0.1, 0.15) is 10.6 Å². The Bertz CT molecular complexity index is 440. The van der Waals surface area contributed by atoms with E-state index >= 15 is 0 Å². The van der Waals surface area contributed by atoms with Crippen molar-refractivity contribution in [1.82, 2.24) is 0 Å². The quantitative estimate of drug-likeness (QED) is 0.734.